The smallest absolute Gasteiger partial charge is 0.224 e. The third kappa shape index (κ3) is 10.4. The zero-order valence-electron chi connectivity index (χ0n) is 17.1. The molecule has 0 saturated carbocycles. The highest BCUT2D eigenvalue weighted by molar-refractivity contribution is 14.0. The maximum Gasteiger partial charge on any atom is 0.224 e. The van der Waals surface area contributed by atoms with Gasteiger partial charge in [0.25, 0.3) is 0 Å². The number of rotatable bonds is 10. The van der Waals surface area contributed by atoms with Crippen LogP contribution in [-0.2, 0) is 11.3 Å². The number of ether oxygens (including phenoxy) is 1. The molecule has 154 valence electrons. The summed E-state index contributed by atoms with van der Waals surface area (Å²) in [5.41, 5.74) is 0.998. The summed E-state index contributed by atoms with van der Waals surface area (Å²) in [5, 5.41) is 6.40. The maximum atomic E-state index is 12.0. The van der Waals surface area contributed by atoms with Crippen molar-refractivity contribution in [3.8, 4) is 5.88 Å². The lowest BCUT2D eigenvalue weighted by atomic mass is 10.3. The van der Waals surface area contributed by atoms with Crippen molar-refractivity contribution < 1.29 is 9.53 Å². The number of hydrogen-bond donors (Lipinski definition) is 2. The SMILES string of the molecule is CCNC(=NCc1ccc(OC(C)C)nc1)NCCC(=O)N(CC)CC.I. The van der Waals surface area contributed by atoms with Crippen LogP contribution in [0.25, 0.3) is 0 Å². The van der Waals surface area contributed by atoms with Crippen LogP contribution in [0, 0.1) is 0 Å². The minimum Gasteiger partial charge on any atom is -0.475 e. The van der Waals surface area contributed by atoms with Crippen LogP contribution in [0.4, 0.5) is 0 Å². The van der Waals surface area contributed by atoms with Crippen LogP contribution in [-0.4, -0.2) is 54.0 Å². The Morgan fingerprint density at radius 2 is 1.93 bits per heavy atom. The van der Waals surface area contributed by atoms with E-state index in [4.69, 9.17) is 4.74 Å². The second kappa shape index (κ2) is 14.5. The summed E-state index contributed by atoms with van der Waals surface area (Å²) in [6, 6.07) is 3.82. The third-order valence-electron chi connectivity index (χ3n) is 3.67. The Kier molecular flexibility index (Phi) is 13.6. The van der Waals surface area contributed by atoms with Crippen LogP contribution >= 0.6 is 24.0 Å². The Morgan fingerprint density at radius 3 is 2.44 bits per heavy atom. The van der Waals surface area contributed by atoms with Crippen LogP contribution < -0.4 is 15.4 Å². The van der Waals surface area contributed by atoms with E-state index >= 15 is 0 Å². The molecule has 0 bridgehead atoms. The van der Waals surface area contributed by atoms with Crippen LogP contribution in [0.5, 0.6) is 5.88 Å². The molecule has 0 aliphatic heterocycles. The predicted octanol–water partition coefficient (Wildman–Crippen LogP) is 2.80. The second-order valence-electron chi connectivity index (χ2n) is 6.11. The van der Waals surface area contributed by atoms with Gasteiger partial charge >= 0.3 is 0 Å². The highest BCUT2D eigenvalue weighted by Crippen LogP contribution is 2.10. The van der Waals surface area contributed by atoms with E-state index in [2.05, 4.69) is 20.6 Å². The third-order valence-corrected chi connectivity index (χ3v) is 3.67. The van der Waals surface area contributed by atoms with Gasteiger partial charge in [0, 0.05) is 44.9 Å². The molecule has 1 rings (SSSR count). The molecule has 7 nitrogen and oxygen atoms in total. The van der Waals surface area contributed by atoms with Gasteiger partial charge in [0.15, 0.2) is 5.96 Å². The molecule has 0 fully saturated rings. The van der Waals surface area contributed by atoms with Gasteiger partial charge in [-0.3, -0.25) is 4.79 Å². The molecule has 0 unspecified atom stereocenters. The van der Waals surface area contributed by atoms with Gasteiger partial charge in [0.1, 0.15) is 0 Å². The molecule has 0 aromatic carbocycles. The van der Waals surface area contributed by atoms with Crippen molar-refractivity contribution in [2.45, 2.75) is 53.7 Å². The van der Waals surface area contributed by atoms with Crippen molar-refractivity contribution in [2.75, 3.05) is 26.2 Å². The summed E-state index contributed by atoms with van der Waals surface area (Å²) in [5.74, 6) is 1.47. The molecule has 0 spiro atoms. The van der Waals surface area contributed by atoms with Gasteiger partial charge in [-0.15, -0.1) is 24.0 Å². The molecule has 1 aromatic heterocycles. The van der Waals surface area contributed by atoms with E-state index < -0.39 is 0 Å². The second-order valence-corrected chi connectivity index (χ2v) is 6.11. The average Bonchev–Trinajstić information content (AvgIpc) is 2.61. The first-order valence-corrected chi connectivity index (χ1v) is 9.41. The van der Waals surface area contributed by atoms with E-state index in [-0.39, 0.29) is 36.0 Å². The van der Waals surface area contributed by atoms with Crippen molar-refractivity contribution in [1.29, 1.82) is 0 Å². The lowest BCUT2D eigenvalue weighted by molar-refractivity contribution is -0.130. The Hall–Kier alpha value is -1.58. The molecule has 0 saturated heterocycles. The van der Waals surface area contributed by atoms with E-state index in [1.165, 1.54) is 0 Å². The minimum atomic E-state index is 0. The molecular formula is C19H34IN5O2. The van der Waals surface area contributed by atoms with Gasteiger partial charge in [-0.25, -0.2) is 9.98 Å². The van der Waals surface area contributed by atoms with E-state index in [1.54, 1.807) is 6.20 Å². The number of pyridine rings is 1. The molecule has 27 heavy (non-hydrogen) atoms. The summed E-state index contributed by atoms with van der Waals surface area (Å²) in [6.07, 6.45) is 2.33. The first-order chi connectivity index (χ1) is 12.5. The number of carbonyl (C=O) groups excluding carboxylic acids is 1. The number of aromatic nitrogens is 1. The lowest BCUT2D eigenvalue weighted by Gasteiger charge is -2.19. The van der Waals surface area contributed by atoms with Gasteiger partial charge in [-0.05, 0) is 40.2 Å². The van der Waals surface area contributed by atoms with Crippen molar-refractivity contribution >= 4 is 35.8 Å². The Bertz CT molecular complexity index is 560. The quantitative estimate of drug-likeness (QED) is 0.299. The molecule has 1 heterocycles. The molecule has 0 radical (unpaired) electrons. The van der Waals surface area contributed by atoms with Gasteiger partial charge in [-0.2, -0.15) is 0 Å². The van der Waals surface area contributed by atoms with Crippen LogP contribution in [0.1, 0.15) is 46.6 Å². The summed E-state index contributed by atoms with van der Waals surface area (Å²) in [6.45, 7) is 13.2. The number of aliphatic imine (C=N–C) groups is 1. The molecule has 1 aromatic rings. The molecule has 1 amide bonds. The molecule has 8 heteroatoms. The monoisotopic (exact) mass is 491 g/mol. The number of guanidine groups is 1. The Labute approximate surface area is 180 Å². The van der Waals surface area contributed by atoms with E-state index in [1.807, 2.05) is 51.7 Å². The molecule has 0 aliphatic rings. The summed E-state index contributed by atoms with van der Waals surface area (Å²) in [4.78, 5) is 22.7. The number of amides is 1. The fourth-order valence-electron chi connectivity index (χ4n) is 2.35. The number of nitrogens with one attached hydrogen (secondary N) is 2. The van der Waals surface area contributed by atoms with Crippen LogP contribution in [0.3, 0.4) is 0 Å². The van der Waals surface area contributed by atoms with Gasteiger partial charge in [0.05, 0.1) is 12.6 Å². The molecule has 2 N–H and O–H groups in total. The lowest BCUT2D eigenvalue weighted by Crippen LogP contribution is -2.40. The maximum absolute atomic E-state index is 12.0. The normalized spacial score (nSPS) is 11.0. The predicted molar refractivity (Wildman–Crippen MR) is 121 cm³/mol. The van der Waals surface area contributed by atoms with Crippen LogP contribution in [0.15, 0.2) is 23.3 Å². The Balaban J connectivity index is 0.00000676. The standard InChI is InChI=1S/C19H33N5O2.HI/c1-6-20-19(21-12-11-18(25)24(7-2)8-3)23-14-16-9-10-17(22-13-16)26-15(4)5;/h9-10,13,15H,6-8,11-12,14H2,1-5H3,(H2,20,21,23);1H. The Morgan fingerprint density at radius 1 is 1.22 bits per heavy atom. The first kappa shape index (κ1) is 25.4. The topological polar surface area (TPSA) is 78.9 Å². The van der Waals surface area contributed by atoms with Crippen molar-refractivity contribution in [1.82, 2.24) is 20.5 Å². The average molecular weight is 491 g/mol. The molecular weight excluding hydrogens is 457 g/mol. The zero-order valence-corrected chi connectivity index (χ0v) is 19.4. The number of nitrogens with zero attached hydrogens (tertiary/aromatic N) is 3. The first-order valence-electron chi connectivity index (χ1n) is 9.41. The number of hydrogen-bond acceptors (Lipinski definition) is 4. The summed E-state index contributed by atoms with van der Waals surface area (Å²) >= 11 is 0. The van der Waals surface area contributed by atoms with E-state index in [9.17, 15) is 4.79 Å². The van der Waals surface area contributed by atoms with E-state index in [0.717, 1.165) is 25.2 Å². The molecule has 0 atom stereocenters. The zero-order chi connectivity index (χ0) is 19.4. The highest BCUT2D eigenvalue weighted by atomic mass is 127. The number of carbonyl (C=O) groups is 1. The fourth-order valence-corrected chi connectivity index (χ4v) is 2.35. The summed E-state index contributed by atoms with van der Waals surface area (Å²) < 4.78 is 5.54. The van der Waals surface area contributed by atoms with Crippen molar-refractivity contribution in [3.05, 3.63) is 23.9 Å². The van der Waals surface area contributed by atoms with Crippen molar-refractivity contribution in [2.24, 2.45) is 4.99 Å². The summed E-state index contributed by atoms with van der Waals surface area (Å²) in [7, 11) is 0. The van der Waals surface area contributed by atoms with Crippen LogP contribution in [0.2, 0.25) is 0 Å². The van der Waals surface area contributed by atoms with Gasteiger partial charge in [-0.1, -0.05) is 6.07 Å². The van der Waals surface area contributed by atoms with E-state index in [0.29, 0.717) is 31.3 Å². The minimum absolute atomic E-state index is 0. The highest BCUT2D eigenvalue weighted by Gasteiger charge is 2.09. The van der Waals surface area contributed by atoms with Gasteiger partial charge < -0.3 is 20.3 Å². The van der Waals surface area contributed by atoms with Crippen molar-refractivity contribution in [3.63, 3.8) is 0 Å². The largest absolute Gasteiger partial charge is 0.475 e. The number of halogens is 1. The fraction of sp³-hybridized carbons (Fsp3) is 0.632. The molecule has 0 aliphatic carbocycles. The van der Waals surface area contributed by atoms with Gasteiger partial charge in [0.2, 0.25) is 11.8 Å².